The minimum atomic E-state index is -0.603. The van der Waals surface area contributed by atoms with E-state index in [1.54, 1.807) is 13.0 Å². The molecular weight excluding hydrogens is 199 g/mol. The lowest BCUT2D eigenvalue weighted by molar-refractivity contribution is 0.0601. The first-order valence-corrected chi connectivity index (χ1v) is 4.40. The average Bonchev–Trinajstić information content (AvgIpc) is 2.55. The van der Waals surface area contributed by atoms with Crippen molar-refractivity contribution in [2.24, 2.45) is 0 Å². The van der Waals surface area contributed by atoms with Gasteiger partial charge in [-0.05, 0) is 25.1 Å². The maximum atomic E-state index is 13.2. The zero-order chi connectivity index (χ0) is 11.0. The molecule has 78 valence electrons. The summed E-state index contributed by atoms with van der Waals surface area (Å²) in [6.07, 6.45) is 0. The van der Waals surface area contributed by atoms with Gasteiger partial charge in [-0.1, -0.05) is 0 Å². The number of furan rings is 1. The minimum absolute atomic E-state index is 0.112. The molecule has 0 amide bonds. The summed E-state index contributed by atoms with van der Waals surface area (Å²) in [5.74, 6) is -0.460. The molecule has 0 fully saturated rings. The van der Waals surface area contributed by atoms with Gasteiger partial charge in [0, 0.05) is 5.39 Å². The molecule has 4 heteroatoms. The van der Waals surface area contributed by atoms with E-state index < -0.39 is 11.8 Å². The lowest BCUT2D eigenvalue weighted by atomic mass is 10.1. The Morgan fingerprint density at radius 1 is 1.40 bits per heavy atom. The molecule has 0 aliphatic heterocycles. The molecule has 2 rings (SSSR count). The van der Waals surface area contributed by atoms with Crippen LogP contribution in [0.15, 0.2) is 22.6 Å². The molecule has 0 atom stereocenters. The Hall–Kier alpha value is -1.84. The zero-order valence-corrected chi connectivity index (χ0v) is 8.33. The molecule has 0 radical (unpaired) electrons. The van der Waals surface area contributed by atoms with Gasteiger partial charge in [0.05, 0.1) is 7.11 Å². The van der Waals surface area contributed by atoms with Gasteiger partial charge >= 0.3 is 5.97 Å². The number of hydrogen-bond donors (Lipinski definition) is 0. The van der Waals surface area contributed by atoms with Crippen LogP contribution in [0.2, 0.25) is 0 Å². The molecule has 0 N–H and O–H groups in total. The lowest BCUT2D eigenvalue weighted by Crippen LogP contribution is -2.02. The van der Waals surface area contributed by atoms with Gasteiger partial charge in [-0.15, -0.1) is 0 Å². The quantitative estimate of drug-likeness (QED) is 0.676. The fourth-order valence-electron chi connectivity index (χ4n) is 1.51. The highest BCUT2D eigenvalue weighted by Crippen LogP contribution is 2.24. The summed E-state index contributed by atoms with van der Waals surface area (Å²) in [6, 6.07) is 4.10. The molecule has 1 heterocycles. The van der Waals surface area contributed by atoms with Crippen molar-refractivity contribution in [3.63, 3.8) is 0 Å². The van der Waals surface area contributed by atoms with Crippen LogP contribution in [0.25, 0.3) is 11.0 Å². The molecule has 0 bridgehead atoms. The number of rotatable bonds is 1. The number of carbonyl (C=O) groups excluding carboxylic acids is 1. The van der Waals surface area contributed by atoms with Crippen LogP contribution in [0, 0.1) is 12.7 Å². The second-order valence-corrected chi connectivity index (χ2v) is 3.22. The van der Waals surface area contributed by atoms with Gasteiger partial charge in [-0.3, -0.25) is 0 Å². The van der Waals surface area contributed by atoms with Crippen molar-refractivity contribution in [3.8, 4) is 0 Å². The van der Waals surface area contributed by atoms with Crippen LogP contribution in [0.4, 0.5) is 4.39 Å². The standard InChI is InChI=1S/C11H9FO3/c1-6-3-7-4-8(12)5-9(10(7)15-6)11(13)14-2/h3-5H,1-2H3. The Bertz CT molecular complexity index is 528. The Balaban J connectivity index is 2.75. The number of carbonyl (C=O) groups is 1. The molecule has 0 aliphatic carbocycles. The summed E-state index contributed by atoms with van der Waals surface area (Å²) in [5, 5.41) is 0.563. The number of benzene rings is 1. The summed E-state index contributed by atoms with van der Waals surface area (Å²) < 4.78 is 23.0. The molecule has 0 saturated carbocycles. The van der Waals surface area contributed by atoms with Crippen LogP contribution in [0.1, 0.15) is 16.1 Å². The maximum absolute atomic E-state index is 13.2. The highest BCUT2D eigenvalue weighted by Gasteiger charge is 2.15. The highest BCUT2D eigenvalue weighted by molar-refractivity contribution is 6.02. The van der Waals surface area contributed by atoms with E-state index in [4.69, 9.17) is 4.42 Å². The van der Waals surface area contributed by atoms with E-state index in [0.29, 0.717) is 16.7 Å². The van der Waals surface area contributed by atoms with Gasteiger partial charge in [0.25, 0.3) is 0 Å². The van der Waals surface area contributed by atoms with Gasteiger partial charge in [0.2, 0.25) is 0 Å². The molecule has 2 aromatic rings. The normalized spacial score (nSPS) is 10.6. The predicted molar refractivity (Wildman–Crippen MR) is 52.2 cm³/mol. The molecule has 0 aliphatic rings. The monoisotopic (exact) mass is 208 g/mol. The number of methoxy groups -OCH3 is 1. The van der Waals surface area contributed by atoms with Gasteiger partial charge in [-0.2, -0.15) is 0 Å². The topological polar surface area (TPSA) is 39.4 Å². The van der Waals surface area contributed by atoms with Crippen LogP contribution < -0.4 is 0 Å². The molecule has 1 aromatic carbocycles. The number of aryl methyl sites for hydroxylation is 1. The van der Waals surface area contributed by atoms with E-state index in [1.807, 2.05) is 0 Å². The van der Waals surface area contributed by atoms with E-state index >= 15 is 0 Å². The third-order valence-electron chi connectivity index (χ3n) is 2.11. The Morgan fingerprint density at radius 3 is 2.80 bits per heavy atom. The van der Waals surface area contributed by atoms with E-state index in [-0.39, 0.29) is 5.56 Å². The summed E-state index contributed by atoms with van der Waals surface area (Å²) in [7, 11) is 1.24. The average molecular weight is 208 g/mol. The number of fused-ring (bicyclic) bond motifs is 1. The second-order valence-electron chi connectivity index (χ2n) is 3.22. The van der Waals surface area contributed by atoms with Crippen LogP contribution >= 0.6 is 0 Å². The first kappa shape index (κ1) is 9.71. The fraction of sp³-hybridized carbons (Fsp3) is 0.182. The first-order valence-electron chi connectivity index (χ1n) is 4.40. The van der Waals surface area contributed by atoms with Gasteiger partial charge in [0.1, 0.15) is 22.7 Å². The van der Waals surface area contributed by atoms with Gasteiger partial charge in [-0.25, -0.2) is 9.18 Å². The summed E-state index contributed by atoms with van der Waals surface area (Å²) in [6.45, 7) is 1.74. The van der Waals surface area contributed by atoms with Crippen LogP contribution in [-0.2, 0) is 4.74 Å². The maximum Gasteiger partial charge on any atom is 0.341 e. The summed E-state index contributed by atoms with van der Waals surface area (Å²) >= 11 is 0. The first-order chi connectivity index (χ1) is 7.11. The Labute approximate surface area is 85.4 Å². The summed E-state index contributed by atoms with van der Waals surface area (Å²) in [5.41, 5.74) is 0.473. The minimum Gasteiger partial charge on any atom is -0.465 e. The van der Waals surface area contributed by atoms with E-state index in [0.717, 1.165) is 6.07 Å². The molecule has 15 heavy (non-hydrogen) atoms. The van der Waals surface area contributed by atoms with Crippen LogP contribution in [0.5, 0.6) is 0 Å². The SMILES string of the molecule is COC(=O)c1cc(F)cc2cc(C)oc12. The number of halogens is 1. The Morgan fingerprint density at radius 2 is 2.13 bits per heavy atom. The van der Waals surface area contributed by atoms with Crippen molar-refractivity contribution in [1.29, 1.82) is 0 Å². The number of ether oxygens (including phenoxy) is 1. The van der Waals surface area contributed by atoms with E-state index in [1.165, 1.54) is 13.2 Å². The molecule has 0 unspecified atom stereocenters. The van der Waals surface area contributed by atoms with E-state index in [2.05, 4.69) is 4.74 Å². The van der Waals surface area contributed by atoms with Crippen LogP contribution in [0.3, 0.4) is 0 Å². The smallest absolute Gasteiger partial charge is 0.341 e. The number of esters is 1. The lowest BCUT2D eigenvalue weighted by Gasteiger charge is -2.00. The van der Waals surface area contributed by atoms with E-state index in [9.17, 15) is 9.18 Å². The predicted octanol–water partition coefficient (Wildman–Crippen LogP) is 2.67. The van der Waals surface area contributed by atoms with Crippen molar-refractivity contribution < 1.29 is 18.3 Å². The second kappa shape index (κ2) is 3.38. The van der Waals surface area contributed by atoms with Crippen molar-refractivity contribution >= 4 is 16.9 Å². The third-order valence-corrected chi connectivity index (χ3v) is 2.11. The van der Waals surface area contributed by atoms with Crippen molar-refractivity contribution in [1.82, 2.24) is 0 Å². The highest BCUT2D eigenvalue weighted by atomic mass is 19.1. The zero-order valence-electron chi connectivity index (χ0n) is 8.33. The van der Waals surface area contributed by atoms with Gasteiger partial charge < -0.3 is 9.15 Å². The molecule has 0 spiro atoms. The Kier molecular flexibility index (Phi) is 2.19. The van der Waals surface area contributed by atoms with Crippen molar-refractivity contribution in [2.75, 3.05) is 7.11 Å². The molecule has 1 aromatic heterocycles. The molecule has 3 nitrogen and oxygen atoms in total. The van der Waals surface area contributed by atoms with Gasteiger partial charge in [0.15, 0.2) is 0 Å². The molecular formula is C11H9FO3. The summed E-state index contributed by atoms with van der Waals surface area (Å²) in [4.78, 5) is 11.3. The largest absolute Gasteiger partial charge is 0.465 e. The fourth-order valence-corrected chi connectivity index (χ4v) is 1.51. The molecule has 0 saturated heterocycles. The van der Waals surface area contributed by atoms with Crippen LogP contribution in [-0.4, -0.2) is 13.1 Å². The van der Waals surface area contributed by atoms with Crippen molar-refractivity contribution in [3.05, 3.63) is 35.3 Å². The third kappa shape index (κ3) is 1.58. The van der Waals surface area contributed by atoms with Crippen molar-refractivity contribution in [2.45, 2.75) is 6.92 Å². The number of hydrogen-bond acceptors (Lipinski definition) is 3.